The second-order valence-electron chi connectivity index (χ2n) is 8.03. The number of alkyl halides is 3. The summed E-state index contributed by atoms with van der Waals surface area (Å²) in [6.07, 6.45) is -3.37. The van der Waals surface area contributed by atoms with Crippen LogP contribution in [-0.4, -0.2) is 12.1 Å². The molecule has 0 unspecified atom stereocenters. The zero-order valence-electron chi connectivity index (χ0n) is 16.5. The van der Waals surface area contributed by atoms with Crippen molar-refractivity contribution in [2.45, 2.75) is 33.1 Å². The predicted molar refractivity (Wildman–Crippen MR) is 106 cm³/mol. The molecule has 0 saturated heterocycles. The highest BCUT2D eigenvalue weighted by atomic mass is 35.5. The highest BCUT2D eigenvalue weighted by Crippen LogP contribution is 2.60. The van der Waals surface area contributed by atoms with Gasteiger partial charge in [0.25, 0.3) is 0 Å². The van der Waals surface area contributed by atoms with Gasteiger partial charge < -0.3 is 4.74 Å². The maximum Gasteiger partial charge on any atom is 0.426 e. The third-order valence-corrected chi connectivity index (χ3v) is 5.83. The van der Waals surface area contributed by atoms with Gasteiger partial charge in [0.15, 0.2) is 0 Å². The van der Waals surface area contributed by atoms with E-state index in [9.17, 15) is 22.4 Å². The molecular weight excluding hydrogens is 420 g/mol. The molecule has 0 aliphatic heterocycles. The smallest absolute Gasteiger partial charge is 0.426 e. The maximum absolute atomic E-state index is 14.1. The molecule has 2 aromatic rings. The summed E-state index contributed by atoms with van der Waals surface area (Å²) in [5.41, 5.74) is 1.35. The van der Waals surface area contributed by atoms with E-state index in [2.05, 4.69) is 0 Å². The number of halogens is 5. The first kappa shape index (κ1) is 22.3. The van der Waals surface area contributed by atoms with Crippen LogP contribution in [0.4, 0.5) is 17.6 Å². The second-order valence-corrected chi connectivity index (χ2v) is 8.44. The summed E-state index contributed by atoms with van der Waals surface area (Å²) in [5.74, 6) is -2.31. The zero-order valence-corrected chi connectivity index (χ0v) is 17.2. The van der Waals surface area contributed by atoms with Gasteiger partial charge in [0.05, 0.1) is 5.92 Å². The molecule has 2 nitrogen and oxygen atoms in total. The average molecular weight is 441 g/mol. The minimum atomic E-state index is -4.64. The molecule has 1 aliphatic rings. The van der Waals surface area contributed by atoms with Gasteiger partial charge in [0.1, 0.15) is 17.5 Å². The standard InChI is InChI=1S/C23H21ClF4O2/c1-22(2)17(12-19(24)23(26,27)28)20(22)21(29)30-13-15-8-9-18(25)16(11-15)10-14-6-4-3-5-7-14/h3-9,11-12,17,20H,10,13H2,1-2H3/b19-12-/t17-,20-/m1/s1. The molecule has 2 aromatic carbocycles. The van der Waals surface area contributed by atoms with Crippen molar-refractivity contribution >= 4 is 17.6 Å². The Bertz CT molecular complexity index is 951. The number of rotatable bonds is 6. The van der Waals surface area contributed by atoms with Gasteiger partial charge in [-0.2, -0.15) is 13.2 Å². The predicted octanol–water partition coefficient (Wildman–Crippen LogP) is 6.42. The van der Waals surface area contributed by atoms with Gasteiger partial charge in [-0.25, -0.2) is 4.39 Å². The van der Waals surface area contributed by atoms with E-state index >= 15 is 0 Å². The van der Waals surface area contributed by atoms with E-state index < -0.39 is 34.4 Å². The first-order chi connectivity index (χ1) is 14.0. The van der Waals surface area contributed by atoms with Gasteiger partial charge >= 0.3 is 12.1 Å². The van der Waals surface area contributed by atoms with Crippen molar-refractivity contribution in [3.05, 3.63) is 82.1 Å². The third-order valence-electron chi connectivity index (χ3n) is 5.49. The van der Waals surface area contributed by atoms with Crippen molar-refractivity contribution in [1.82, 2.24) is 0 Å². The SMILES string of the molecule is CC1(C)[C@H](/C=C(\Cl)C(F)(F)F)[C@@H]1C(=O)OCc1ccc(F)c(Cc2ccccc2)c1. The molecule has 0 heterocycles. The molecule has 0 N–H and O–H groups in total. The number of hydrogen-bond donors (Lipinski definition) is 0. The van der Waals surface area contributed by atoms with Crippen molar-refractivity contribution in [1.29, 1.82) is 0 Å². The Hall–Kier alpha value is -2.34. The molecule has 30 heavy (non-hydrogen) atoms. The summed E-state index contributed by atoms with van der Waals surface area (Å²) in [5, 5.41) is -1.24. The number of carbonyl (C=O) groups excluding carboxylic acids is 1. The maximum atomic E-state index is 14.1. The third kappa shape index (κ3) is 5.04. The van der Waals surface area contributed by atoms with Crippen molar-refractivity contribution < 1.29 is 27.1 Å². The fourth-order valence-corrected chi connectivity index (χ4v) is 3.74. The number of ether oxygens (including phenoxy) is 1. The first-order valence-electron chi connectivity index (χ1n) is 9.42. The molecule has 1 aliphatic carbocycles. The highest BCUT2D eigenvalue weighted by Gasteiger charge is 2.62. The topological polar surface area (TPSA) is 26.3 Å². The average Bonchev–Trinajstić information content (AvgIpc) is 3.22. The van der Waals surface area contributed by atoms with Gasteiger partial charge in [-0.3, -0.25) is 4.79 Å². The number of esters is 1. The quantitative estimate of drug-likeness (QED) is 0.383. The summed E-state index contributed by atoms with van der Waals surface area (Å²) < 4.78 is 57.5. The van der Waals surface area contributed by atoms with Crippen molar-refractivity contribution in [2.24, 2.45) is 17.3 Å². The van der Waals surface area contributed by atoms with Crippen molar-refractivity contribution in [3.8, 4) is 0 Å². The van der Waals surface area contributed by atoms with E-state index in [4.69, 9.17) is 16.3 Å². The fraction of sp³-hybridized carbons (Fsp3) is 0.348. The fourth-order valence-electron chi connectivity index (χ4n) is 3.60. The Morgan fingerprint density at radius 3 is 2.43 bits per heavy atom. The second kappa shape index (κ2) is 8.42. The molecule has 1 fully saturated rings. The molecule has 7 heteroatoms. The Morgan fingerprint density at radius 1 is 1.13 bits per heavy atom. The molecule has 0 amide bonds. The summed E-state index contributed by atoms with van der Waals surface area (Å²) in [6, 6.07) is 13.9. The summed E-state index contributed by atoms with van der Waals surface area (Å²) in [4.78, 5) is 12.4. The molecule has 0 aromatic heterocycles. The lowest BCUT2D eigenvalue weighted by atomic mass is 10.0. The van der Waals surface area contributed by atoms with Crippen molar-refractivity contribution in [3.63, 3.8) is 0 Å². The van der Waals surface area contributed by atoms with Crippen LogP contribution < -0.4 is 0 Å². The van der Waals surface area contributed by atoms with Crippen LogP contribution in [0.25, 0.3) is 0 Å². The number of benzene rings is 2. The Balaban J connectivity index is 1.64. The van der Waals surface area contributed by atoms with Gasteiger partial charge in [-0.05, 0) is 40.2 Å². The lowest BCUT2D eigenvalue weighted by Crippen LogP contribution is -2.11. The highest BCUT2D eigenvalue weighted by molar-refractivity contribution is 6.30. The molecule has 0 bridgehead atoms. The lowest BCUT2D eigenvalue weighted by Gasteiger charge is -2.09. The van der Waals surface area contributed by atoms with Crippen LogP contribution in [0, 0.1) is 23.1 Å². The molecule has 0 radical (unpaired) electrons. The van der Waals surface area contributed by atoms with E-state index in [0.29, 0.717) is 17.5 Å². The first-order valence-corrected chi connectivity index (χ1v) is 9.80. The Kier molecular flexibility index (Phi) is 6.27. The van der Waals surface area contributed by atoms with Gasteiger partial charge in [-0.1, -0.05) is 67.9 Å². The molecule has 160 valence electrons. The van der Waals surface area contributed by atoms with E-state index in [-0.39, 0.29) is 12.4 Å². The Morgan fingerprint density at radius 2 is 1.80 bits per heavy atom. The lowest BCUT2D eigenvalue weighted by molar-refractivity contribution is -0.147. The molecule has 0 spiro atoms. The van der Waals surface area contributed by atoms with Crippen molar-refractivity contribution in [2.75, 3.05) is 0 Å². The van der Waals surface area contributed by atoms with Crippen LogP contribution in [0.15, 0.2) is 59.6 Å². The van der Waals surface area contributed by atoms with Crippen LogP contribution in [-0.2, 0) is 22.6 Å². The Labute approximate surface area is 177 Å². The minimum Gasteiger partial charge on any atom is -0.461 e. The normalized spacial score (nSPS) is 20.7. The number of hydrogen-bond acceptors (Lipinski definition) is 2. The summed E-state index contributed by atoms with van der Waals surface area (Å²) >= 11 is 5.31. The summed E-state index contributed by atoms with van der Waals surface area (Å²) in [7, 11) is 0. The molecule has 1 saturated carbocycles. The van der Waals surface area contributed by atoms with Gasteiger partial charge in [0.2, 0.25) is 0 Å². The van der Waals surface area contributed by atoms with Crippen LogP contribution >= 0.6 is 11.6 Å². The van der Waals surface area contributed by atoms with E-state index in [1.807, 2.05) is 30.3 Å². The molecular formula is C23H21ClF4O2. The van der Waals surface area contributed by atoms with Crippen LogP contribution in [0.5, 0.6) is 0 Å². The van der Waals surface area contributed by atoms with E-state index in [1.54, 1.807) is 19.9 Å². The van der Waals surface area contributed by atoms with Crippen LogP contribution in [0.2, 0.25) is 0 Å². The minimum absolute atomic E-state index is 0.0864. The summed E-state index contributed by atoms with van der Waals surface area (Å²) in [6.45, 7) is 3.30. The van der Waals surface area contributed by atoms with E-state index in [0.717, 1.165) is 11.6 Å². The number of carbonyl (C=O) groups is 1. The molecule has 3 rings (SSSR count). The van der Waals surface area contributed by atoms with E-state index in [1.165, 1.54) is 12.1 Å². The largest absolute Gasteiger partial charge is 0.461 e. The van der Waals surface area contributed by atoms with Crippen LogP contribution in [0.3, 0.4) is 0 Å². The monoisotopic (exact) mass is 440 g/mol. The van der Waals surface area contributed by atoms with Gasteiger partial charge in [-0.15, -0.1) is 0 Å². The number of allylic oxidation sites excluding steroid dienone is 2. The molecule has 2 atom stereocenters. The van der Waals surface area contributed by atoms with Gasteiger partial charge in [0, 0.05) is 6.42 Å². The zero-order chi connectivity index (χ0) is 22.1. The van der Waals surface area contributed by atoms with Crippen LogP contribution in [0.1, 0.15) is 30.5 Å².